The van der Waals surface area contributed by atoms with Gasteiger partial charge in [-0.3, -0.25) is 4.79 Å². The van der Waals surface area contributed by atoms with E-state index in [-0.39, 0.29) is 18.1 Å². The van der Waals surface area contributed by atoms with Crippen molar-refractivity contribution in [1.82, 2.24) is 4.72 Å². The topological polar surface area (TPSA) is 83.5 Å². The molecule has 0 saturated heterocycles. The Morgan fingerprint density at radius 1 is 1.53 bits per heavy atom. The molecule has 0 aliphatic rings. The number of nitrogens with one attached hydrogen (secondary N) is 1. The quantitative estimate of drug-likeness (QED) is 0.633. The summed E-state index contributed by atoms with van der Waals surface area (Å²) < 4.78 is 25.0. The lowest BCUT2D eigenvalue weighted by Crippen LogP contribution is -2.42. The lowest BCUT2D eigenvalue weighted by molar-refractivity contribution is -0.138. The SMILES string of the molecule is C=CCC(NS(=O)(=O)CC(C)C)C(=O)O. The van der Waals surface area contributed by atoms with Gasteiger partial charge >= 0.3 is 5.97 Å². The van der Waals surface area contributed by atoms with Crippen molar-refractivity contribution in [2.45, 2.75) is 26.3 Å². The van der Waals surface area contributed by atoms with Gasteiger partial charge in [0.25, 0.3) is 0 Å². The van der Waals surface area contributed by atoms with Crippen molar-refractivity contribution in [3.8, 4) is 0 Å². The zero-order valence-corrected chi connectivity index (χ0v) is 9.75. The fourth-order valence-electron chi connectivity index (χ4n) is 1.07. The van der Waals surface area contributed by atoms with Crippen LogP contribution in [0, 0.1) is 5.92 Å². The smallest absolute Gasteiger partial charge is 0.322 e. The number of aliphatic carboxylic acids is 1. The standard InChI is InChI=1S/C9H17NO4S/c1-4-5-8(9(11)12)10-15(13,14)6-7(2)3/h4,7-8,10H,1,5-6H2,2-3H3,(H,11,12). The molecule has 0 bridgehead atoms. The Bertz CT molecular complexity index is 321. The third-order valence-corrected chi connectivity index (χ3v) is 3.32. The highest BCUT2D eigenvalue weighted by atomic mass is 32.2. The van der Waals surface area contributed by atoms with Gasteiger partial charge in [-0.05, 0) is 12.3 Å². The van der Waals surface area contributed by atoms with Gasteiger partial charge in [-0.2, -0.15) is 0 Å². The molecular formula is C9H17NO4S. The lowest BCUT2D eigenvalue weighted by atomic mass is 10.2. The van der Waals surface area contributed by atoms with Crippen molar-refractivity contribution >= 4 is 16.0 Å². The van der Waals surface area contributed by atoms with Crippen molar-refractivity contribution in [2.75, 3.05) is 5.75 Å². The van der Waals surface area contributed by atoms with Gasteiger partial charge < -0.3 is 5.11 Å². The molecule has 0 aliphatic carbocycles. The van der Waals surface area contributed by atoms with Crippen LogP contribution in [0.15, 0.2) is 12.7 Å². The molecule has 0 aromatic heterocycles. The molecule has 0 heterocycles. The van der Waals surface area contributed by atoms with E-state index in [0.717, 1.165) is 0 Å². The van der Waals surface area contributed by atoms with Crippen LogP contribution in [0.3, 0.4) is 0 Å². The van der Waals surface area contributed by atoms with Crippen LogP contribution in [0.4, 0.5) is 0 Å². The monoisotopic (exact) mass is 235 g/mol. The van der Waals surface area contributed by atoms with Crippen LogP contribution in [0.5, 0.6) is 0 Å². The van der Waals surface area contributed by atoms with Crippen molar-refractivity contribution in [3.05, 3.63) is 12.7 Å². The molecule has 0 fully saturated rings. The number of rotatable bonds is 7. The molecule has 0 aliphatic heterocycles. The third-order valence-electron chi connectivity index (χ3n) is 1.58. The summed E-state index contributed by atoms with van der Waals surface area (Å²) in [7, 11) is -3.53. The first-order valence-corrected chi connectivity index (χ1v) is 6.27. The van der Waals surface area contributed by atoms with Crippen LogP contribution >= 0.6 is 0 Å². The third kappa shape index (κ3) is 6.24. The molecule has 0 saturated carbocycles. The van der Waals surface area contributed by atoms with Gasteiger partial charge in [0.15, 0.2) is 0 Å². The Labute approximate surface area is 90.2 Å². The van der Waals surface area contributed by atoms with E-state index in [9.17, 15) is 13.2 Å². The Balaban J connectivity index is 4.52. The summed E-state index contributed by atoms with van der Waals surface area (Å²) in [6.45, 7) is 6.88. The van der Waals surface area contributed by atoms with Crippen LogP contribution in [-0.2, 0) is 14.8 Å². The van der Waals surface area contributed by atoms with Gasteiger partial charge in [0, 0.05) is 0 Å². The first-order chi connectivity index (χ1) is 6.78. The Hall–Kier alpha value is -0.880. The molecule has 0 spiro atoms. The minimum atomic E-state index is -3.53. The molecule has 1 unspecified atom stereocenters. The van der Waals surface area contributed by atoms with Crippen LogP contribution in [0.1, 0.15) is 20.3 Å². The highest BCUT2D eigenvalue weighted by Gasteiger charge is 2.23. The fraction of sp³-hybridized carbons (Fsp3) is 0.667. The fourth-order valence-corrected chi connectivity index (χ4v) is 2.67. The molecule has 5 nitrogen and oxygen atoms in total. The molecule has 2 N–H and O–H groups in total. The molecule has 0 aromatic carbocycles. The van der Waals surface area contributed by atoms with Crippen LogP contribution in [0.2, 0.25) is 0 Å². The zero-order valence-electron chi connectivity index (χ0n) is 8.93. The average Bonchev–Trinajstić information content (AvgIpc) is 2.00. The maximum atomic E-state index is 11.4. The normalized spacial score (nSPS) is 13.8. The molecule has 6 heteroatoms. The largest absolute Gasteiger partial charge is 0.480 e. The highest BCUT2D eigenvalue weighted by Crippen LogP contribution is 2.01. The molecule has 0 radical (unpaired) electrons. The molecule has 1 atom stereocenters. The van der Waals surface area contributed by atoms with Crippen molar-refractivity contribution in [1.29, 1.82) is 0 Å². The number of carboxylic acids is 1. The predicted molar refractivity (Wildman–Crippen MR) is 58.0 cm³/mol. The summed E-state index contributed by atoms with van der Waals surface area (Å²) in [4.78, 5) is 10.7. The van der Waals surface area contributed by atoms with E-state index in [1.54, 1.807) is 13.8 Å². The lowest BCUT2D eigenvalue weighted by Gasteiger charge is -2.14. The maximum Gasteiger partial charge on any atom is 0.322 e. The number of hydrogen-bond donors (Lipinski definition) is 2. The summed E-state index contributed by atoms with van der Waals surface area (Å²) in [5.74, 6) is -1.31. The second-order valence-electron chi connectivity index (χ2n) is 3.71. The van der Waals surface area contributed by atoms with Gasteiger partial charge in [0.2, 0.25) is 10.0 Å². The van der Waals surface area contributed by atoms with E-state index in [1.807, 2.05) is 0 Å². The van der Waals surface area contributed by atoms with Gasteiger partial charge in [-0.15, -0.1) is 6.58 Å². The minimum Gasteiger partial charge on any atom is -0.480 e. The van der Waals surface area contributed by atoms with E-state index in [1.165, 1.54) is 6.08 Å². The summed E-state index contributed by atoms with van der Waals surface area (Å²) in [6.07, 6.45) is 1.45. The average molecular weight is 235 g/mol. The van der Waals surface area contributed by atoms with E-state index in [0.29, 0.717) is 0 Å². The number of sulfonamides is 1. The van der Waals surface area contributed by atoms with E-state index < -0.39 is 22.0 Å². The van der Waals surface area contributed by atoms with Gasteiger partial charge in [-0.25, -0.2) is 13.1 Å². The van der Waals surface area contributed by atoms with Crippen LogP contribution in [0.25, 0.3) is 0 Å². The highest BCUT2D eigenvalue weighted by molar-refractivity contribution is 7.89. The Morgan fingerprint density at radius 2 is 2.07 bits per heavy atom. The molecule has 88 valence electrons. The molecular weight excluding hydrogens is 218 g/mol. The summed E-state index contributed by atoms with van der Waals surface area (Å²) in [5.41, 5.74) is 0. The Kier molecular flexibility index (Phi) is 5.53. The second kappa shape index (κ2) is 5.87. The zero-order chi connectivity index (χ0) is 12.1. The molecule has 0 amide bonds. The summed E-state index contributed by atoms with van der Waals surface area (Å²) in [6, 6.07) is -1.12. The first-order valence-electron chi connectivity index (χ1n) is 4.62. The van der Waals surface area contributed by atoms with Gasteiger partial charge in [0.1, 0.15) is 6.04 Å². The molecule has 15 heavy (non-hydrogen) atoms. The Morgan fingerprint density at radius 3 is 2.40 bits per heavy atom. The number of hydrogen-bond acceptors (Lipinski definition) is 3. The molecule has 0 rings (SSSR count). The minimum absolute atomic E-state index is 0.0410. The van der Waals surface area contributed by atoms with Gasteiger partial charge in [0.05, 0.1) is 5.75 Å². The summed E-state index contributed by atoms with van der Waals surface area (Å²) in [5, 5.41) is 8.73. The number of carbonyl (C=O) groups is 1. The molecule has 0 aromatic rings. The van der Waals surface area contributed by atoms with E-state index >= 15 is 0 Å². The van der Waals surface area contributed by atoms with E-state index in [4.69, 9.17) is 5.11 Å². The van der Waals surface area contributed by atoms with Crippen LogP contribution in [-0.4, -0.2) is 31.3 Å². The summed E-state index contributed by atoms with van der Waals surface area (Å²) >= 11 is 0. The number of carboxylic acid groups (broad SMARTS) is 1. The van der Waals surface area contributed by atoms with Crippen molar-refractivity contribution in [3.63, 3.8) is 0 Å². The van der Waals surface area contributed by atoms with Gasteiger partial charge in [-0.1, -0.05) is 19.9 Å². The van der Waals surface area contributed by atoms with Crippen LogP contribution < -0.4 is 4.72 Å². The van der Waals surface area contributed by atoms with Crippen molar-refractivity contribution < 1.29 is 18.3 Å². The van der Waals surface area contributed by atoms with Crippen molar-refractivity contribution in [2.24, 2.45) is 5.92 Å². The predicted octanol–water partition coefficient (Wildman–Crippen LogP) is 0.591. The first kappa shape index (κ1) is 14.1. The maximum absolute atomic E-state index is 11.4. The van der Waals surface area contributed by atoms with E-state index in [2.05, 4.69) is 11.3 Å². The second-order valence-corrected chi connectivity index (χ2v) is 5.51.